The predicted octanol–water partition coefficient (Wildman–Crippen LogP) is 3.15. The molecule has 0 bridgehead atoms. The molecule has 114 valence electrons. The Morgan fingerprint density at radius 2 is 1.79 bits per heavy atom. The van der Waals surface area contributed by atoms with Gasteiger partial charge in [0.25, 0.3) is 0 Å². The molecule has 0 aromatic heterocycles. The molecule has 0 aromatic carbocycles. The van der Waals surface area contributed by atoms with Crippen molar-refractivity contribution in [1.82, 2.24) is 5.32 Å². The summed E-state index contributed by atoms with van der Waals surface area (Å²) >= 11 is 0. The first-order valence-corrected chi connectivity index (χ1v) is 9.85. The van der Waals surface area contributed by atoms with E-state index in [9.17, 15) is 8.42 Å². The SMILES string of the molecule is CCCNC(CCCS(=O)(=O)CCC)C1CCCC1. The van der Waals surface area contributed by atoms with Crippen LogP contribution in [0, 0.1) is 5.92 Å². The van der Waals surface area contributed by atoms with Crippen LogP contribution >= 0.6 is 0 Å². The van der Waals surface area contributed by atoms with Crippen molar-refractivity contribution in [3.63, 3.8) is 0 Å². The average molecular weight is 289 g/mol. The van der Waals surface area contributed by atoms with E-state index in [4.69, 9.17) is 0 Å². The molecule has 1 aliphatic rings. The van der Waals surface area contributed by atoms with Gasteiger partial charge in [0.1, 0.15) is 9.84 Å². The Balaban J connectivity index is 2.35. The molecular formula is C15H31NO2S. The maximum absolute atomic E-state index is 11.7. The van der Waals surface area contributed by atoms with Crippen LogP contribution in [0.5, 0.6) is 0 Å². The van der Waals surface area contributed by atoms with Crippen LogP contribution in [0.1, 0.15) is 65.2 Å². The lowest BCUT2D eigenvalue weighted by atomic mass is 9.94. The van der Waals surface area contributed by atoms with E-state index >= 15 is 0 Å². The Labute approximate surface area is 119 Å². The minimum Gasteiger partial charge on any atom is -0.314 e. The van der Waals surface area contributed by atoms with Crippen molar-refractivity contribution in [1.29, 1.82) is 0 Å². The zero-order chi connectivity index (χ0) is 14.1. The number of nitrogens with one attached hydrogen (secondary N) is 1. The molecule has 19 heavy (non-hydrogen) atoms. The lowest BCUT2D eigenvalue weighted by Gasteiger charge is -2.24. The van der Waals surface area contributed by atoms with Crippen molar-refractivity contribution in [3.05, 3.63) is 0 Å². The molecular weight excluding hydrogens is 258 g/mol. The van der Waals surface area contributed by atoms with Crippen molar-refractivity contribution in [2.45, 2.75) is 71.3 Å². The zero-order valence-electron chi connectivity index (χ0n) is 12.7. The highest BCUT2D eigenvalue weighted by Gasteiger charge is 2.24. The van der Waals surface area contributed by atoms with Crippen molar-refractivity contribution >= 4 is 9.84 Å². The largest absolute Gasteiger partial charge is 0.314 e. The Hall–Kier alpha value is -0.0900. The van der Waals surface area contributed by atoms with E-state index < -0.39 is 9.84 Å². The first-order chi connectivity index (χ1) is 9.09. The van der Waals surface area contributed by atoms with Crippen molar-refractivity contribution < 1.29 is 8.42 Å². The lowest BCUT2D eigenvalue weighted by molar-refractivity contribution is 0.338. The normalized spacial score (nSPS) is 18.8. The number of hydrogen-bond acceptors (Lipinski definition) is 3. The summed E-state index contributed by atoms with van der Waals surface area (Å²) in [6.45, 7) is 5.18. The highest BCUT2D eigenvalue weighted by Crippen LogP contribution is 2.29. The average Bonchev–Trinajstić information content (AvgIpc) is 2.87. The Bertz CT molecular complexity index is 321. The minimum absolute atomic E-state index is 0.351. The van der Waals surface area contributed by atoms with Gasteiger partial charge in [0, 0.05) is 11.8 Å². The number of hydrogen-bond donors (Lipinski definition) is 1. The van der Waals surface area contributed by atoms with Gasteiger partial charge in [-0.25, -0.2) is 8.42 Å². The molecule has 1 aliphatic carbocycles. The van der Waals surface area contributed by atoms with Crippen LogP contribution in [-0.4, -0.2) is 32.5 Å². The molecule has 0 spiro atoms. The third-order valence-corrected chi connectivity index (χ3v) is 6.05. The van der Waals surface area contributed by atoms with Crippen molar-refractivity contribution in [3.8, 4) is 0 Å². The van der Waals surface area contributed by atoms with E-state index in [0.29, 0.717) is 17.5 Å². The van der Waals surface area contributed by atoms with E-state index in [2.05, 4.69) is 12.2 Å². The Kier molecular flexibility index (Phi) is 8.00. The summed E-state index contributed by atoms with van der Waals surface area (Å²) in [7, 11) is -2.80. The summed E-state index contributed by atoms with van der Waals surface area (Å²) in [6.07, 6.45) is 9.08. The first kappa shape index (κ1) is 17.0. The Morgan fingerprint density at radius 3 is 2.37 bits per heavy atom. The number of rotatable bonds is 10. The second-order valence-corrected chi connectivity index (χ2v) is 8.20. The fourth-order valence-electron chi connectivity index (χ4n) is 3.13. The molecule has 0 radical (unpaired) electrons. The van der Waals surface area contributed by atoms with E-state index in [1.165, 1.54) is 25.7 Å². The molecule has 1 N–H and O–H groups in total. The molecule has 0 saturated heterocycles. The molecule has 1 atom stereocenters. The smallest absolute Gasteiger partial charge is 0.150 e. The second-order valence-electron chi connectivity index (χ2n) is 5.90. The van der Waals surface area contributed by atoms with Gasteiger partial charge in [-0.2, -0.15) is 0 Å². The molecule has 0 amide bonds. The molecule has 1 saturated carbocycles. The summed E-state index contributed by atoms with van der Waals surface area (Å²) in [5.41, 5.74) is 0. The van der Waals surface area contributed by atoms with E-state index in [-0.39, 0.29) is 0 Å². The molecule has 1 fully saturated rings. The highest BCUT2D eigenvalue weighted by atomic mass is 32.2. The van der Waals surface area contributed by atoms with Gasteiger partial charge in [-0.05, 0) is 51.0 Å². The molecule has 0 aromatic rings. The molecule has 3 nitrogen and oxygen atoms in total. The molecule has 4 heteroatoms. The molecule has 1 rings (SSSR count). The second kappa shape index (κ2) is 8.96. The van der Waals surface area contributed by atoms with Crippen LogP contribution in [0.3, 0.4) is 0 Å². The predicted molar refractivity (Wildman–Crippen MR) is 82.2 cm³/mol. The summed E-state index contributed by atoms with van der Waals surface area (Å²) in [5.74, 6) is 1.50. The van der Waals surface area contributed by atoms with Gasteiger partial charge in [0.05, 0.1) is 5.75 Å². The minimum atomic E-state index is -2.80. The van der Waals surface area contributed by atoms with Crippen LogP contribution in [0.15, 0.2) is 0 Å². The molecule has 0 heterocycles. The van der Waals surface area contributed by atoms with Crippen LogP contribution in [0.2, 0.25) is 0 Å². The van der Waals surface area contributed by atoms with E-state index in [1.54, 1.807) is 0 Å². The third-order valence-electron chi connectivity index (χ3n) is 4.11. The fourth-order valence-corrected chi connectivity index (χ4v) is 4.56. The van der Waals surface area contributed by atoms with Gasteiger partial charge < -0.3 is 5.32 Å². The van der Waals surface area contributed by atoms with Gasteiger partial charge in [-0.1, -0.05) is 26.7 Å². The topological polar surface area (TPSA) is 46.2 Å². The standard InChI is InChI=1S/C15H31NO2S/c1-3-11-16-15(14-8-5-6-9-14)10-7-13-19(17,18)12-4-2/h14-16H,3-13H2,1-2H3. The Morgan fingerprint density at radius 1 is 1.11 bits per heavy atom. The lowest BCUT2D eigenvalue weighted by Crippen LogP contribution is -2.36. The van der Waals surface area contributed by atoms with Gasteiger partial charge in [0.2, 0.25) is 0 Å². The van der Waals surface area contributed by atoms with Gasteiger partial charge in [0.15, 0.2) is 0 Å². The number of sulfone groups is 1. The summed E-state index contributed by atoms with van der Waals surface area (Å²) in [5, 5.41) is 3.63. The van der Waals surface area contributed by atoms with Crippen molar-refractivity contribution in [2.75, 3.05) is 18.1 Å². The van der Waals surface area contributed by atoms with Crippen LogP contribution in [0.25, 0.3) is 0 Å². The van der Waals surface area contributed by atoms with Crippen LogP contribution in [-0.2, 0) is 9.84 Å². The zero-order valence-corrected chi connectivity index (χ0v) is 13.5. The highest BCUT2D eigenvalue weighted by molar-refractivity contribution is 7.91. The summed E-state index contributed by atoms with van der Waals surface area (Å²) in [4.78, 5) is 0. The van der Waals surface area contributed by atoms with Gasteiger partial charge >= 0.3 is 0 Å². The first-order valence-electron chi connectivity index (χ1n) is 8.03. The van der Waals surface area contributed by atoms with Gasteiger partial charge in [-0.15, -0.1) is 0 Å². The maximum Gasteiger partial charge on any atom is 0.150 e. The third kappa shape index (κ3) is 6.75. The van der Waals surface area contributed by atoms with E-state index in [0.717, 1.165) is 38.1 Å². The molecule has 1 unspecified atom stereocenters. The maximum atomic E-state index is 11.7. The summed E-state index contributed by atoms with van der Waals surface area (Å²) < 4.78 is 23.5. The van der Waals surface area contributed by atoms with Crippen molar-refractivity contribution in [2.24, 2.45) is 5.92 Å². The van der Waals surface area contributed by atoms with E-state index in [1.807, 2.05) is 6.92 Å². The van der Waals surface area contributed by atoms with Gasteiger partial charge in [-0.3, -0.25) is 0 Å². The van der Waals surface area contributed by atoms with Crippen LogP contribution in [0.4, 0.5) is 0 Å². The molecule has 0 aliphatic heterocycles. The monoisotopic (exact) mass is 289 g/mol. The van der Waals surface area contributed by atoms with Crippen LogP contribution < -0.4 is 5.32 Å². The fraction of sp³-hybridized carbons (Fsp3) is 1.00. The quantitative estimate of drug-likeness (QED) is 0.672. The summed E-state index contributed by atoms with van der Waals surface area (Å²) in [6, 6.07) is 0.541.